The van der Waals surface area contributed by atoms with Gasteiger partial charge in [-0.1, -0.05) is 60.1 Å². The number of anilines is 1. The van der Waals surface area contributed by atoms with Crippen molar-refractivity contribution >= 4 is 46.7 Å². The van der Waals surface area contributed by atoms with Crippen LogP contribution in [-0.4, -0.2) is 11.2 Å². The van der Waals surface area contributed by atoms with Gasteiger partial charge in [-0.3, -0.25) is 5.43 Å². The van der Waals surface area contributed by atoms with Gasteiger partial charge in [0.2, 0.25) is 5.13 Å². The monoisotopic (exact) mass is 349 g/mol. The van der Waals surface area contributed by atoms with Crippen LogP contribution in [0.25, 0.3) is 11.3 Å². The molecule has 0 fully saturated rings. The van der Waals surface area contributed by atoms with Crippen molar-refractivity contribution in [3.63, 3.8) is 0 Å². The first-order valence-corrected chi connectivity index (χ1v) is 7.63. The molecule has 0 aliphatic rings. The molecule has 0 aliphatic carbocycles. The quantitative estimate of drug-likeness (QED) is 0.510. The Kier molecular flexibility index (Phi) is 5.95. The average molecular weight is 350 g/mol. The first-order valence-electron chi connectivity index (χ1n) is 6.37. The Morgan fingerprint density at radius 3 is 2.55 bits per heavy atom. The van der Waals surface area contributed by atoms with Gasteiger partial charge >= 0.3 is 0 Å². The molecule has 0 amide bonds. The Bertz CT molecular complexity index is 757. The highest BCUT2D eigenvalue weighted by atomic mass is 35.5. The van der Waals surface area contributed by atoms with Crippen LogP contribution in [-0.2, 0) is 0 Å². The van der Waals surface area contributed by atoms with Crippen LogP contribution >= 0.6 is 35.3 Å². The summed E-state index contributed by atoms with van der Waals surface area (Å²) in [5.74, 6) is 0. The lowest BCUT2D eigenvalue weighted by Gasteiger charge is -1.97. The molecule has 3 nitrogen and oxygen atoms in total. The molecule has 22 heavy (non-hydrogen) atoms. The number of nitrogens with one attached hydrogen (secondary N) is 1. The Balaban J connectivity index is 0.00000176. The van der Waals surface area contributed by atoms with Gasteiger partial charge in [0.1, 0.15) is 0 Å². The molecule has 1 aromatic heterocycles. The number of halogens is 2. The summed E-state index contributed by atoms with van der Waals surface area (Å²) < 4.78 is 0. The maximum absolute atomic E-state index is 6.06. The molecular formula is C16H13Cl2N3S. The van der Waals surface area contributed by atoms with Crippen molar-refractivity contribution in [2.45, 2.75) is 0 Å². The number of hydrogen-bond donors (Lipinski definition) is 1. The standard InChI is InChI=1S/C16H12ClN3S.ClH/c17-14-9-5-4-8-13(14)10-18-20-16-19-15(11-21-16)12-6-2-1-3-7-12;/h1-11H,(H,19,20);1H. The maximum atomic E-state index is 6.06. The molecular weight excluding hydrogens is 337 g/mol. The average Bonchev–Trinajstić information content (AvgIpc) is 2.99. The normalized spacial score (nSPS) is 10.4. The number of hydrazone groups is 1. The minimum absolute atomic E-state index is 0. The summed E-state index contributed by atoms with van der Waals surface area (Å²) in [5.41, 5.74) is 5.83. The first-order chi connectivity index (χ1) is 10.3. The summed E-state index contributed by atoms with van der Waals surface area (Å²) in [5, 5.41) is 7.59. The molecule has 0 spiro atoms. The Hall–Kier alpha value is -1.88. The van der Waals surface area contributed by atoms with Crippen LogP contribution in [0.2, 0.25) is 5.02 Å². The highest BCUT2D eigenvalue weighted by Crippen LogP contribution is 2.24. The lowest BCUT2D eigenvalue weighted by molar-refractivity contribution is 1.29. The van der Waals surface area contributed by atoms with Crippen LogP contribution in [0, 0.1) is 0 Å². The van der Waals surface area contributed by atoms with Gasteiger partial charge in [0.15, 0.2) is 0 Å². The molecule has 0 unspecified atom stereocenters. The summed E-state index contributed by atoms with van der Waals surface area (Å²) >= 11 is 7.57. The SMILES string of the molecule is Cl.Clc1ccccc1C=NNc1nc(-c2ccccc2)cs1. The van der Waals surface area contributed by atoms with E-state index in [1.54, 1.807) is 6.21 Å². The van der Waals surface area contributed by atoms with Crippen LogP contribution in [0.4, 0.5) is 5.13 Å². The Morgan fingerprint density at radius 1 is 1.05 bits per heavy atom. The number of hydrogen-bond acceptors (Lipinski definition) is 4. The molecule has 1 heterocycles. The van der Waals surface area contributed by atoms with E-state index in [4.69, 9.17) is 11.6 Å². The van der Waals surface area contributed by atoms with Gasteiger partial charge in [-0.2, -0.15) is 5.10 Å². The van der Waals surface area contributed by atoms with Crippen LogP contribution in [0.3, 0.4) is 0 Å². The second kappa shape index (κ2) is 7.94. The highest BCUT2D eigenvalue weighted by molar-refractivity contribution is 7.14. The molecule has 0 atom stereocenters. The van der Waals surface area contributed by atoms with Gasteiger partial charge in [0.05, 0.1) is 11.9 Å². The van der Waals surface area contributed by atoms with Gasteiger partial charge in [0.25, 0.3) is 0 Å². The van der Waals surface area contributed by atoms with Gasteiger partial charge in [-0.05, 0) is 6.07 Å². The number of nitrogens with zero attached hydrogens (tertiary/aromatic N) is 2. The Morgan fingerprint density at radius 2 is 1.77 bits per heavy atom. The lowest BCUT2D eigenvalue weighted by Crippen LogP contribution is -1.90. The van der Waals surface area contributed by atoms with E-state index < -0.39 is 0 Å². The van der Waals surface area contributed by atoms with Crippen molar-refractivity contribution in [3.8, 4) is 11.3 Å². The van der Waals surface area contributed by atoms with E-state index in [2.05, 4.69) is 15.5 Å². The van der Waals surface area contributed by atoms with Crippen LogP contribution in [0.1, 0.15) is 5.56 Å². The largest absolute Gasteiger partial charge is 0.253 e. The predicted molar refractivity (Wildman–Crippen MR) is 97.5 cm³/mol. The van der Waals surface area contributed by atoms with E-state index in [0.29, 0.717) is 5.02 Å². The third kappa shape index (κ3) is 4.07. The van der Waals surface area contributed by atoms with Crippen LogP contribution < -0.4 is 5.43 Å². The summed E-state index contributed by atoms with van der Waals surface area (Å²) in [6.07, 6.45) is 1.69. The summed E-state index contributed by atoms with van der Waals surface area (Å²) in [6.45, 7) is 0. The fourth-order valence-corrected chi connectivity index (χ4v) is 2.66. The van der Waals surface area contributed by atoms with Crippen molar-refractivity contribution in [1.29, 1.82) is 0 Å². The van der Waals surface area contributed by atoms with E-state index in [1.165, 1.54) is 11.3 Å². The zero-order valence-corrected chi connectivity index (χ0v) is 13.8. The molecule has 3 rings (SSSR count). The first kappa shape index (κ1) is 16.5. The second-order valence-electron chi connectivity index (χ2n) is 4.30. The minimum Gasteiger partial charge on any atom is -0.253 e. The fourth-order valence-electron chi connectivity index (χ4n) is 1.80. The summed E-state index contributed by atoms with van der Waals surface area (Å²) in [4.78, 5) is 4.49. The molecule has 0 saturated heterocycles. The zero-order chi connectivity index (χ0) is 14.5. The van der Waals surface area contributed by atoms with Crippen LogP contribution in [0.5, 0.6) is 0 Å². The van der Waals surface area contributed by atoms with Gasteiger partial charge < -0.3 is 0 Å². The van der Waals surface area contributed by atoms with E-state index in [-0.39, 0.29) is 12.4 Å². The number of aromatic nitrogens is 1. The summed E-state index contributed by atoms with van der Waals surface area (Å²) in [6, 6.07) is 17.6. The number of benzene rings is 2. The molecule has 1 N–H and O–H groups in total. The summed E-state index contributed by atoms with van der Waals surface area (Å²) in [7, 11) is 0. The maximum Gasteiger partial charge on any atom is 0.203 e. The Labute approximate surface area is 144 Å². The molecule has 0 saturated carbocycles. The second-order valence-corrected chi connectivity index (χ2v) is 5.56. The van der Waals surface area contributed by atoms with Crippen molar-refractivity contribution in [1.82, 2.24) is 4.98 Å². The van der Waals surface area contributed by atoms with E-state index in [0.717, 1.165) is 22.0 Å². The number of rotatable bonds is 4. The van der Waals surface area contributed by atoms with Crippen LogP contribution in [0.15, 0.2) is 65.1 Å². The molecule has 6 heteroatoms. The molecule has 0 radical (unpaired) electrons. The molecule has 3 aromatic rings. The van der Waals surface area contributed by atoms with Crippen molar-refractivity contribution in [3.05, 3.63) is 70.6 Å². The molecule has 0 bridgehead atoms. The van der Waals surface area contributed by atoms with E-state index in [1.807, 2.05) is 60.0 Å². The topological polar surface area (TPSA) is 37.3 Å². The number of thiazole rings is 1. The van der Waals surface area contributed by atoms with Gasteiger partial charge in [-0.15, -0.1) is 23.7 Å². The van der Waals surface area contributed by atoms with Crippen molar-refractivity contribution in [2.24, 2.45) is 5.10 Å². The predicted octanol–water partition coefficient (Wildman–Crippen LogP) is 5.33. The third-order valence-electron chi connectivity index (χ3n) is 2.84. The van der Waals surface area contributed by atoms with E-state index >= 15 is 0 Å². The lowest BCUT2D eigenvalue weighted by atomic mass is 10.2. The van der Waals surface area contributed by atoms with Gasteiger partial charge in [-0.25, -0.2) is 4.98 Å². The van der Waals surface area contributed by atoms with E-state index in [9.17, 15) is 0 Å². The molecule has 0 aliphatic heterocycles. The van der Waals surface area contributed by atoms with Crippen molar-refractivity contribution in [2.75, 3.05) is 5.43 Å². The highest BCUT2D eigenvalue weighted by Gasteiger charge is 2.02. The molecule has 112 valence electrons. The minimum atomic E-state index is 0. The molecule has 2 aromatic carbocycles. The third-order valence-corrected chi connectivity index (χ3v) is 3.93. The smallest absolute Gasteiger partial charge is 0.203 e. The van der Waals surface area contributed by atoms with Crippen molar-refractivity contribution < 1.29 is 0 Å². The zero-order valence-electron chi connectivity index (χ0n) is 11.4. The van der Waals surface area contributed by atoms with Gasteiger partial charge in [0, 0.05) is 21.5 Å². The fraction of sp³-hybridized carbons (Fsp3) is 0.